The van der Waals surface area contributed by atoms with Gasteiger partial charge < -0.3 is 4.42 Å². The zero-order chi connectivity index (χ0) is 22.6. The molecule has 0 atom stereocenters. The molecule has 0 aliphatic carbocycles. The van der Waals surface area contributed by atoms with Crippen molar-refractivity contribution in [2.45, 2.75) is 4.90 Å². The third kappa shape index (κ3) is 6.16. The summed E-state index contributed by atoms with van der Waals surface area (Å²) in [5.74, 6) is 1.35. The molecule has 0 fully saturated rings. The summed E-state index contributed by atoms with van der Waals surface area (Å²) in [6.07, 6.45) is 3.51. The first kappa shape index (κ1) is 23.5. The molecule has 0 unspecified atom stereocenters. The van der Waals surface area contributed by atoms with Crippen LogP contribution in [0.4, 0.5) is 0 Å². The Bertz CT molecular complexity index is 1210. The molecule has 2 aromatic carbocycles. The monoisotopic (exact) mass is 495 g/mol. The van der Waals surface area contributed by atoms with Crippen LogP contribution in [-0.4, -0.2) is 40.8 Å². The SMILES string of the molecule is CN(O)C(=S)SCC=Cc1nc(-c2ccc(Cl)cc2)c(-c2ccc(S(N)(=O)=O)cc2)o1. The van der Waals surface area contributed by atoms with Gasteiger partial charge in [-0.05, 0) is 42.5 Å². The Balaban J connectivity index is 1.95. The molecule has 162 valence electrons. The minimum absolute atomic E-state index is 0.00534. The first-order chi connectivity index (χ1) is 14.6. The fourth-order valence-corrected chi connectivity index (χ4v) is 3.93. The number of hydrogen-bond acceptors (Lipinski definition) is 7. The van der Waals surface area contributed by atoms with E-state index in [1.54, 1.807) is 30.3 Å². The highest BCUT2D eigenvalue weighted by atomic mass is 35.5. The average Bonchev–Trinajstić information content (AvgIpc) is 3.15. The van der Waals surface area contributed by atoms with E-state index in [0.717, 1.165) is 10.6 Å². The second-order valence-corrected chi connectivity index (χ2v) is 9.96. The highest BCUT2D eigenvalue weighted by Crippen LogP contribution is 2.34. The van der Waals surface area contributed by atoms with Crippen molar-refractivity contribution < 1.29 is 18.0 Å². The van der Waals surface area contributed by atoms with E-state index in [0.29, 0.717) is 38.0 Å². The van der Waals surface area contributed by atoms with Crippen LogP contribution in [0.2, 0.25) is 5.02 Å². The van der Waals surface area contributed by atoms with E-state index in [1.165, 1.54) is 30.9 Å². The van der Waals surface area contributed by atoms with Crippen LogP contribution in [0.3, 0.4) is 0 Å². The lowest BCUT2D eigenvalue weighted by atomic mass is 10.1. The molecule has 11 heteroatoms. The molecule has 7 nitrogen and oxygen atoms in total. The molecule has 0 aliphatic rings. The summed E-state index contributed by atoms with van der Waals surface area (Å²) >= 11 is 12.3. The van der Waals surface area contributed by atoms with Gasteiger partial charge in [-0.3, -0.25) is 5.21 Å². The third-order valence-electron chi connectivity index (χ3n) is 4.03. The summed E-state index contributed by atoms with van der Waals surface area (Å²) in [5, 5.41) is 15.9. The molecule has 0 aliphatic heterocycles. The lowest BCUT2D eigenvalue weighted by Gasteiger charge is -2.08. The summed E-state index contributed by atoms with van der Waals surface area (Å²) < 4.78 is 29.4. The molecule has 31 heavy (non-hydrogen) atoms. The molecule has 1 heterocycles. The number of halogens is 1. The third-order valence-corrected chi connectivity index (χ3v) is 6.70. The number of rotatable bonds is 6. The van der Waals surface area contributed by atoms with Crippen molar-refractivity contribution in [1.82, 2.24) is 10.0 Å². The molecule has 3 aromatic rings. The maximum Gasteiger partial charge on any atom is 0.238 e. The second-order valence-electron chi connectivity index (χ2n) is 6.31. The molecule has 3 N–H and O–H groups in total. The van der Waals surface area contributed by atoms with Crippen LogP contribution in [-0.2, 0) is 10.0 Å². The van der Waals surface area contributed by atoms with Crippen LogP contribution in [0.15, 0.2) is 63.9 Å². The van der Waals surface area contributed by atoms with Gasteiger partial charge >= 0.3 is 0 Å². The smallest absolute Gasteiger partial charge is 0.238 e. The predicted octanol–water partition coefficient (Wildman–Crippen LogP) is 4.66. The van der Waals surface area contributed by atoms with Crippen LogP contribution >= 0.6 is 35.6 Å². The zero-order valence-electron chi connectivity index (χ0n) is 16.2. The van der Waals surface area contributed by atoms with Crippen molar-refractivity contribution >= 4 is 56.0 Å². The Hall–Kier alpha value is -2.21. The molecular weight excluding hydrogens is 478 g/mol. The number of sulfonamides is 1. The molecule has 1 aromatic heterocycles. The normalized spacial score (nSPS) is 11.7. The molecule has 0 amide bonds. The van der Waals surface area contributed by atoms with E-state index in [1.807, 2.05) is 18.2 Å². The number of benzene rings is 2. The lowest BCUT2D eigenvalue weighted by Crippen LogP contribution is -2.17. The molecule has 0 bridgehead atoms. The fraction of sp³-hybridized carbons (Fsp3) is 0.100. The minimum Gasteiger partial charge on any atom is -0.436 e. The zero-order valence-corrected chi connectivity index (χ0v) is 19.4. The van der Waals surface area contributed by atoms with E-state index in [2.05, 4.69) is 4.98 Å². The predicted molar refractivity (Wildman–Crippen MR) is 127 cm³/mol. The summed E-state index contributed by atoms with van der Waals surface area (Å²) in [7, 11) is -2.34. The minimum atomic E-state index is -3.80. The van der Waals surface area contributed by atoms with Gasteiger partial charge in [0.2, 0.25) is 15.9 Å². The van der Waals surface area contributed by atoms with Crippen molar-refractivity contribution in [3.05, 3.63) is 65.5 Å². The van der Waals surface area contributed by atoms with Gasteiger partial charge in [0.25, 0.3) is 0 Å². The van der Waals surface area contributed by atoms with Crippen LogP contribution in [0.1, 0.15) is 5.89 Å². The van der Waals surface area contributed by atoms with Crippen molar-refractivity contribution in [1.29, 1.82) is 0 Å². The van der Waals surface area contributed by atoms with Crippen molar-refractivity contribution in [2.75, 3.05) is 12.8 Å². The van der Waals surface area contributed by atoms with Crippen LogP contribution < -0.4 is 5.14 Å². The van der Waals surface area contributed by atoms with Gasteiger partial charge in [0.05, 0.1) is 4.90 Å². The number of hydrogen-bond donors (Lipinski definition) is 2. The number of thiocarbonyl (C=S) groups is 1. The maximum atomic E-state index is 11.5. The Labute approximate surface area is 194 Å². The first-order valence-corrected chi connectivity index (χ1v) is 12.1. The van der Waals surface area contributed by atoms with Crippen LogP contribution in [0.25, 0.3) is 28.7 Å². The largest absolute Gasteiger partial charge is 0.436 e. The van der Waals surface area contributed by atoms with E-state index in [-0.39, 0.29) is 4.90 Å². The van der Waals surface area contributed by atoms with E-state index < -0.39 is 10.0 Å². The van der Waals surface area contributed by atoms with Gasteiger partial charge in [0, 0.05) is 29.0 Å². The molecule has 0 radical (unpaired) electrons. The molecular formula is C20H18ClN3O4S3. The Morgan fingerprint density at radius 3 is 2.42 bits per heavy atom. The number of primary sulfonamides is 1. The van der Waals surface area contributed by atoms with Crippen LogP contribution in [0, 0.1) is 0 Å². The summed E-state index contributed by atoms with van der Waals surface area (Å²) in [6, 6.07) is 13.2. The highest BCUT2D eigenvalue weighted by Gasteiger charge is 2.17. The fourth-order valence-electron chi connectivity index (χ4n) is 2.56. The van der Waals surface area contributed by atoms with Crippen molar-refractivity contribution in [2.24, 2.45) is 5.14 Å². The van der Waals surface area contributed by atoms with Gasteiger partial charge in [-0.25, -0.2) is 23.6 Å². The number of oxazole rings is 1. The first-order valence-electron chi connectivity index (χ1n) is 8.81. The van der Waals surface area contributed by atoms with Gasteiger partial charge in [-0.1, -0.05) is 53.8 Å². The number of aromatic nitrogens is 1. The molecule has 0 saturated carbocycles. The van der Waals surface area contributed by atoms with Gasteiger partial charge in [-0.15, -0.1) is 0 Å². The number of nitrogens with zero attached hydrogens (tertiary/aromatic N) is 2. The van der Waals surface area contributed by atoms with Crippen LogP contribution in [0.5, 0.6) is 0 Å². The van der Waals surface area contributed by atoms with E-state index in [9.17, 15) is 13.6 Å². The number of hydroxylamine groups is 2. The summed E-state index contributed by atoms with van der Waals surface area (Å²) in [6.45, 7) is 0. The Kier molecular flexibility index (Phi) is 7.52. The van der Waals surface area contributed by atoms with Crippen molar-refractivity contribution in [3.8, 4) is 22.6 Å². The molecule has 0 saturated heterocycles. The molecule has 0 spiro atoms. The average molecular weight is 496 g/mol. The number of nitrogens with two attached hydrogens (primary N) is 1. The summed E-state index contributed by atoms with van der Waals surface area (Å²) in [4.78, 5) is 4.57. The number of thioether (sulfide) groups is 1. The Morgan fingerprint density at radius 2 is 1.84 bits per heavy atom. The standard InChI is InChI=1S/C20H18ClN3O4S3/c1-24(25)20(29)30-12-2-3-17-23-18(13-4-8-15(21)9-5-13)19(28-17)14-6-10-16(11-7-14)31(22,26)27/h2-11,25H,12H2,1H3,(H2,22,26,27). The quantitative estimate of drug-likeness (QED) is 0.375. The van der Waals surface area contributed by atoms with E-state index in [4.69, 9.17) is 33.4 Å². The van der Waals surface area contributed by atoms with Gasteiger partial charge in [-0.2, -0.15) is 0 Å². The summed E-state index contributed by atoms with van der Waals surface area (Å²) in [5.41, 5.74) is 2.01. The highest BCUT2D eigenvalue weighted by molar-refractivity contribution is 8.22. The Morgan fingerprint density at radius 1 is 1.23 bits per heavy atom. The van der Waals surface area contributed by atoms with Gasteiger partial charge in [0.1, 0.15) is 5.69 Å². The lowest BCUT2D eigenvalue weighted by molar-refractivity contribution is 0.0205. The maximum absolute atomic E-state index is 11.5. The second kappa shape index (κ2) is 9.94. The van der Waals surface area contributed by atoms with Gasteiger partial charge in [0.15, 0.2) is 10.1 Å². The topological polar surface area (TPSA) is 110 Å². The van der Waals surface area contributed by atoms with Crippen molar-refractivity contribution in [3.63, 3.8) is 0 Å². The van der Waals surface area contributed by atoms with E-state index >= 15 is 0 Å². The molecule has 3 rings (SSSR count).